The molecule has 0 spiro atoms. The van der Waals surface area contributed by atoms with Crippen LogP contribution in [-0.2, 0) is 11.2 Å². The molecule has 1 aromatic rings. The summed E-state index contributed by atoms with van der Waals surface area (Å²) >= 11 is 0. The highest BCUT2D eigenvalue weighted by molar-refractivity contribution is 5.26. The van der Waals surface area contributed by atoms with Gasteiger partial charge < -0.3 is 4.74 Å². The molecule has 0 aromatic heterocycles. The van der Waals surface area contributed by atoms with Gasteiger partial charge in [0.1, 0.15) is 0 Å². The Labute approximate surface area is 184 Å². The van der Waals surface area contributed by atoms with E-state index in [0.29, 0.717) is 12.0 Å². The Morgan fingerprint density at radius 2 is 1.70 bits per heavy atom. The van der Waals surface area contributed by atoms with Crippen LogP contribution in [0.3, 0.4) is 0 Å². The van der Waals surface area contributed by atoms with Crippen LogP contribution in [0, 0.1) is 23.2 Å². The standard InChI is InChI=1S/C28H39NO/c1-2-3-7-23-13-15-26(16-14-23)27-17-19-28(20-18-27)30-22-25-11-9-24(10-12-25)8-5-4-6-21-29/h4-6,8,13-16,24-25,27-28H,2-3,7,9-12,17-20,22H2,1H3/b6-4+,8-5+/t24-,25-,27-,28-. The highest BCUT2D eigenvalue weighted by atomic mass is 16.5. The summed E-state index contributed by atoms with van der Waals surface area (Å²) in [7, 11) is 0. The molecule has 0 bridgehead atoms. The molecule has 2 fully saturated rings. The van der Waals surface area contributed by atoms with E-state index < -0.39 is 0 Å². The molecule has 2 aliphatic carbocycles. The lowest BCUT2D eigenvalue weighted by molar-refractivity contribution is -0.00337. The van der Waals surface area contributed by atoms with E-state index >= 15 is 0 Å². The normalized spacial score (nSPS) is 27.5. The van der Waals surface area contributed by atoms with Crippen LogP contribution in [0.25, 0.3) is 0 Å². The van der Waals surface area contributed by atoms with Gasteiger partial charge in [-0.15, -0.1) is 0 Å². The molecule has 2 heteroatoms. The van der Waals surface area contributed by atoms with Gasteiger partial charge in [-0.3, -0.25) is 0 Å². The SMILES string of the molecule is CCCCc1ccc([C@H]2CC[C@H](OC[C@H]3CC[C@H](/C=C/C=C/C#N)CC3)CC2)cc1. The lowest BCUT2D eigenvalue weighted by Crippen LogP contribution is -2.25. The van der Waals surface area contributed by atoms with E-state index in [1.807, 2.05) is 18.2 Å². The molecule has 30 heavy (non-hydrogen) atoms. The van der Waals surface area contributed by atoms with E-state index in [9.17, 15) is 0 Å². The molecule has 0 amide bonds. The molecular weight excluding hydrogens is 366 g/mol. The van der Waals surface area contributed by atoms with Crippen LogP contribution < -0.4 is 0 Å². The van der Waals surface area contributed by atoms with Gasteiger partial charge in [0.2, 0.25) is 0 Å². The molecule has 0 saturated heterocycles. The molecule has 0 N–H and O–H groups in total. The van der Waals surface area contributed by atoms with Gasteiger partial charge in [-0.05, 0) is 93.1 Å². The molecule has 0 radical (unpaired) electrons. The average Bonchev–Trinajstić information content (AvgIpc) is 2.81. The third kappa shape index (κ3) is 7.44. The quantitative estimate of drug-likeness (QED) is 0.314. The first-order chi connectivity index (χ1) is 14.8. The van der Waals surface area contributed by atoms with Crippen LogP contribution in [0.5, 0.6) is 0 Å². The number of allylic oxidation sites excluding steroid dienone is 4. The summed E-state index contributed by atoms with van der Waals surface area (Å²) in [6.45, 7) is 3.21. The van der Waals surface area contributed by atoms with Crippen molar-refractivity contribution < 1.29 is 4.74 Å². The van der Waals surface area contributed by atoms with Crippen molar-refractivity contribution in [1.29, 1.82) is 5.26 Å². The summed E-state index contributed by atoms with van der Waals surface area (Å²) in [5.74, 6) is 2.13. The van der Waals surface area contributed by atoms with E-state index in [4.69, 9.17) is 10.00 Å². The van der Waals surface area contributed by atoms with Gasteiger partial charge in [0.05, 0.1) is 12.2 Å². The second kappa shape index (κ2) is 12.8. The van der Waals surface area contributed by atoms with Crippen LogP contribution in [0.15, 0.2) is 48.6 Å². The number of nitrogens with zero attached hydrogens (tertiary/aromatic N) is 1. The predicted molar refractivity (Wildman–Crippen MR) is 125 cm³/mol. The zero-order valence-electron chi connectivity index (χ0n) is 18.8. The zero-order valence-corrected chi connectivity index (χ0v) is 18.8. The number of hydrogen-bond acceptors (Lipinski definition) is 2. The van der Waals surface area contributed by atoms with Crippen molar-refractivity contribution >= 4 is 0 Å². The summed E-state index contributed by atoms with van der Waals surface area (Å²) in [5.41, 5.74) is 3.02. The van der Waals surface area contributed by atoms with Gasteiger partial charge in [-0.25, -0.2) is 0 Å². The first-order valence-corrected chi connectivity index (χ1v) is 12.2. The monoisotopic (exact) mass is 405 g/mol. The summed E-state index contributed by atoms with van der Waals surface area (Å²) in [5, 5.41) is 8.53. The number of nitriles is 1. The summed E-state index contributed by atoms with van der Waals surface area (Å²) in [4.78, 5) is 0. The molecule has 2 aliphatic rings. The van der Waals surface area contributed by atoms with Crippen LogP contribution >= 0.6 is 0 Å². The van der Waals surface area contributed by atoms with Gasteiger partial charge >= 0.3 is 0 Å². The highest BCUT2D eigenvalue weighted by Gasteiger charge is 2.25. The van der Waals surface area contributed by atoms with Crippen LogP contribution in [0.2, 0.25) is 0 Å². The Bertz CT molecular complexity index is 695. The van der Waals surface area contributed by atoms with Crippen molar-refractivity contribution in [3.63, 3.8) is 0 Å². The fraction of sp³-hybridized carbons (Fsp3) is 0.607. The second-order valence-electron chi connectivity index (χ2n) is 9.31. The first kappa shape index (κ1) is 22.8. The Kier molecular flexibility index (Phi) is 9.71. The molecule has 0 unspecified atom stereocenters. The molecule has 2 saturated carbocycles. The number of unbranched alkanes of at least 4 members (excludes halogenated alkanes) is 1. The number of ether oxygens (including phenoxy) is 1. The zero-order chi connectivity index (χ0) is 21.0. The van der Waals surface area contributed by atoms with E-state index in [-0.39, 0.29) is 0 Å². The molecule has 0 heterocycles. The molecule has 0 atom stereocenters. The highest BCUT2D eigenvalue weighted by Crippen LogP contribution is 2.35. The minimum Gasteiger partial charge on any atom is -0.378 e. The summed E-state index contributed by atoms with van der Waals surface area (Å²) < 4.78 is 6.35. The summed E-state index contributed by atoms with van der Waals surface area (Å²) in [6, 6.07) is 11.5. The van der Waals surface area contributed by atoms with Crippen LogP contribution in [0.4, 0.5) is 0 Å². The summed E-state index contributed by atoms with van der Waals surface area (Å²) in [6.07, 6.45) is 21.9. The lowest BCUT2D eigenvalue weighted by Gasteiger charge is -2.32. The van der Waals surface area contributed by atoms with Gasteiger partial charge in [0, 0.05) is 12.7 Å². The van der Waals surface area contributed by atoms with Crippen molar-refractivity contribution in [3.8, 4) is 6.07 Å². The van der Waals surface area contributed by atoms with E-state index in [1.165, 1.54) is 87.8 Å². The van der Waals surface area contributed by atoms with Gasteiger partial charge in [0.15, 0.2) is 0 Å². The van der Waals surface area contributed by atoms with Gasteiger partial charge in [-0.1, -0.05) is 55.8 Å². The first-order valence-electron chi connectivity index (χ1n) is 12.2. The maximum Gasteiger partial charge on any atom is 0.0912 e. The molecular formula is C28H39NO. The molecule has 3 rings (SSSR count). The number of rotatable bonds is 9. The minimum atomic E-state index is 0.471. The van der Waals surface area contributed by atoms with Gasteiger partial charge in [0.25, 0.3) is 0 Å². The minimum absolute atomic E-state index is 0.471. The smallest absolute Gasteiger partial charge is 0.0912 e. The van der Waals surface area contributed by atoms with E-state index in [2.05, 4.69) is 37.3 Å². The fourth-order valence-corrected chi connectivity index (χ4v) is 5.04. The fourth-order valence-electron chi connectivity index (χ4n) is 5.04. The third-order valence-corrected chi connectivity index (χ3v) is 7.07. The Morgan fingerprint density at radius 3 is 2.37 bits per heavy atom. The number of benzene rings is 1. The molecule has 1 aromatic carbocycles. The maximum atomic E-state index is 8.53. The third-order valence-electron chi connectivity index (χ3n) is 7.07. The Hall–Kier alpha value is -1.85. The largest absolute Gasteiger partial charge is 0.378 e. The van der Waals surface area contributed by atoms with Gasteiger partial charge in [-0.2, -0.15) is 5.26 Å². The van der Waals surface area contributed by atoms with Crippen LogP contribution in [-0.4, -0.2) is 12.7 Å². The topological polar surface area (TPSA) is 33.0 Å². The Balaban J connectivity index is 1.32. The van der Waals surface area contributed by atoms with Crippen molar-refractivity contribution in [2.75, 3.05) is 6.61 Å². The van der Waals surface area contributed by atoms with Crippen molar-refractivity contribution in [3.05, 3.63) is 59.7 Å². The van der Waals surface area contributed by atoms with E-state index in [1.54, 1.807) is 0 Å². The lowest BCUT2D eigenvalue weighted by atomic mass is 9.81. The van der Waals surface area contributed by atoms with Crippen molar-refractivity contribution in [1.82, 2.24) is 0 Å². The second-order valence-corrected chi connectivity index (χ2v) is 9.31. The molecule has 2 nitrogen and oxygen atoms in total. The number of aryl methyl sites for hydroxylation is 1. The maximum absolute atomic E-state index is 8.53. The number of hydrogen-bond donors (Lipinski definition) is 0. The van der Waals surface area contributed by atoms with Crippen molar-refractivity contribution in [2.24, 2.45) is 11.8 Å². The predicted octanol–water partition coefficient (Wildman–Crippen LogP) is 7.51. The van der Waals surface area contributed by atoms with E-state index in [0.717, 1.165) is 18.4 Å². The van der Waals surface area contributed by atoms with Crippen molar-refractivity contribution in [2.45, 2.75) is 89.6 Å². The molecule has 0 aliphatic heterocycles. The average molecular weight is 406 g/mol. The molecule has 162 valence electrons. The van der Waals surface area contributed by atoms with Crippen LogP contribution in [0.1, 0.15) is 88.2 Å². The Morgan fingerprint density at radius 1 is 0.967 bits per heavy atom.